The Balaban J connectivity index is 1.65. The van der Waals surface area contributed by atoms with E-state index >= 15 is 0 Å². The van der Waals surface area contributed by atoms with E-state index in [2.05, 4.69) is 11.4 Å². The second-order valence-corrected chi connectivity index (χ2v) is 6.97. The molecule has 5 heteroatoms. The minimum absolute atomic E-state index is 0.175. The van der Waals surface area contributed by atoms with Gasteiger partial charge in [0.15, 0.2) is 0 Å². The fourth-order valence-electron chi connectivity index (χ4n) is 3.61. The molecule has 0 aliphatic carbocycles. The average Bonchev–Trinajstić information content (AvgIpc) is 2.78. The molecule has 1 aliphatic heterocycles. The van der Waals surface area contributed by atoms with Gasteiger partial charge in [0.2, 0.25) is 5.91 Å². The van der Waals surface area contributed by atoms with Gasteiger partial charge in [-0.3, -0.25) is 9.59 Å². The molecular formula is C24H19N3O2. The first kappa shape index (κ1) is 18.5. The van der Waals surface area contributed by atoms with Crippen molar-refractivity contribution in [2.24, 2.45) is 0 Å². The second-order valence-electron chi connectivity index (χ2n) is 6.97. The van der Waals surface area contributed by atoms with Gasteiger partial charge in [0.05, 0.1) is 11.6 Å². The number of fused-ring (bicyclic) bond motifs is 1. The summed E-state index contributed by atoms with van der Waals surface area (Å²) >= 11 is 0. The molecule has 0 unspecified atom stereocenters. The van der Waals surface area contributed by atoms with Gasteiger partial charge in [0, 0.05) is 24.2 Å². The Bertz CT molecular complexity index is 1100. The molecule has 0 aromatic heterocycles. The summed E-state index contributed by atoms with van der Waals surface area (Å²) in [4.78, 5) is 27.9. The van der Waals surface area contributed by atoms with E-state index in [1.807, 2.05) is 42.5 Å². The third-order valence-electron chi connectivity index (χ3n) is 5.09. The summed E-state index contributed by atoms with van der Waals surface area (Å²) in [5, 5.41) is 11.9. The van der Waals surface area contributed by atoms with Gasteiger partial charge in [0.25, 0.3) is 5.91 Å². The predicted octanol–water partition coefficient (Wildman–Crippen LogP) is 3.76. The third-order valence-corrected chi connectivity index (χ3v) is 5.09. The number of hydrogen-bond donors (Lipinski definition) is 1. The van der Waals surface area contributed by atoms with Crippen molar-refractivity contribution in [2.45, 2.75) is 19.0 Å². The van der Waals surface area contributed by atoms with Crippen LogP contribution in [-0.2, 0) is 17.8 Å². The first-order valence-corrected chi connectivity index (χ1v) is 9.39. The van der Waals surface area contributed by atoms with Crippen LogP contribution in [0.1, 0.15) is 27.0 Å². The Labute approximate surface area is 169 Å². The summed E-state index contributed by atoms with van der Waals surface area (Å²) in [6, 6.07) is 25.1. The maximum absolute atomic E-state index is 13.2. The van der Waals surface area contributed by atoms with Crippen molar-refractivity contribution in [3.63, 3.8) is 0 Å². The molecule has 4 rings (SSSR count). The number of nitrogens with zero attached hydrogens (tertiary/aromatic N) is 2. The van der Waals surface area contributed by atoms with E-state index in [1.165, 1.54) is 0 Å². The number of anilines is 1. The molecule has 2 amide bonds. The van der Waals surface area contributed by atoms with E-state index in [9.17, 15) is 9.59 Å². The van der Waals surface area contributed by atoms with E-state index in [-0.39, 0.29) is 11.8 Å². The van der Waals surface area contributed by atoms with Crippen molar-refractivity contribution in [1.82, 2.24) is 4.90 Å². The van der Waals surface area contributed by atoms with Crippen LogP contribution in [0, 0.1) is 11.3 Å². The Hall–Kier alpha value is -3.91. The van der Waals surface area contributed by atoms with Gasteiger partial charge >= 0.3 is 0 Å². The van der Waals surface area contributed by atoms with Crippen LogP contribution in [0.25, 0.3) is 0 Å². The molecule has 5 nitrogen and oxygen atoms in total. The summed E-state index contributed by atoms with van der Waals surface area (Å²) in [6.45, 7) is 0.375. The molecule has 0 saturated carbocycles. The van der Waals surface area contributed by atoms with Crippen LogP contribution in [-0.4, -0.2) is 22.8 Å². The Kier molecular flexibility index (Phi) is 5.08. The first-order valence-electron chi connectivity index (χ1n) is 9.39. The number of benzene rings is 3. The topological polar surface area (TPSA) is 73.2 Å². The molecule has 3 aromatic rings. The molecule has 0 saturated heterocycles. The summed E-state index contributed by atoms with van der Waals surface area (Å²) in [7, 11) is 0. The molecule has 0 radical (unpaired) electrons. The monoisotopic (exact) mass is 381 g/mol. The molecular weight excluding hydrogens is 362 g/mol. The Morgan fingerprint density at radius 1 is 0.931 bits per heavy atom. The lowest BCUT2D eigenvalue weighted by Crippen LogP contribution is -2.50. The number of rotatable bonds is 3. The summed E-state index contributed by atoms with van der Waals surface area (Å²) in [5.74, 6) is -0.440. The molecule has 1 atom stereocenters. The van der Waals surface area contributed by atoms with E-state index in [4.69, 9.17) is 5.26 Å². The zero-order valence-corrected chi connectivity index (χ0v) is 15.7. The number of carbonyl (C=O) groups is 2. The molecule has 0 fully saturated rings. The zero-order chi connectivity index (χ0) is 20.2. The average molecular weight is 381 g/mol. The predicted molar refractivity (Wildman–Crippen MR) is 110 cm³/mol. The minimum atomic E-state index is -0.636. The maximum atomic E-state index is 13.2. The van der Waals surface area contributed by atoms with Crippen LogP contribution in [0.4, 0.5) is 5.69 Å². The number of amides is 2. The molecule has 0 bridgehead atoms. The normalized spacial score (nSPS) is 15.1. The van der Waals surface area contributed by atoms with Crippen molar-refractivity contribution in [1.29, 1.82) is 5.26 Å². The highest BCUT2D eigenvalue weighted by Gasteiger charge is 2.35. The largest absolute Gasteiger partial charge is 0.324 e. The van der Waals surface area contributed by atoms with Crippen LogP contribution < -0.4 is 5.32 Å². The lowest BCUT2D eigenvalue weighted by Gasteiger charge is -2.36. The van der Waals surface area contributed by atoms with E-state index in [0.29, 0.717) is 29.8 Å². The molecule has 0 spiro atoms. The number of hydrogen-bond acceptors (Lipinski definition) is 3. The fourth-order valence-corrected chi connectivity index (χ4v) is 3.61. The Morgan fingerprint density at radius 3 is 2.41 bits per heavy atom. The minimum Gasteiger partial charge on any atom is -0.324 e. The standard InChI is InChI=1S/C24H19N3O2/c25-15-17-7-6-12-21(13-17)26-23(28)22-14-19-10-4-5-11-20(19)16-27(22)24(29)18-8-2-1-3-9-18/h1-13,22H,14,16H2,(H,26,28)/t22-/m1/s1. The van der Waals surface area contributed by atoms with Crippen LogP contribution in [0.5, 0.6) is 0 Å². The van der Waals surface area contributed by atoms with Crippen LogP contribution in [0.2, 0.25) is 0 Å². The fraction of sp³-hybridized carbons (Fsp3) is 0.125. The summed E-state index contributed by atoms with van der Waals surface area (Å²) in [5.41, 5.74) is 3.67. The number of carbonyl (C=O) groups excluding carboxylic acids is 2. The highest BCUT2D eigenvalue weighted by molar-refractivity contribution is 6.01. The highest BCUT2D eigenvalue weighted by Crippen LogP contribution is 2.26. The van der Waals surface area contributed by atoms with E-state index in [0.717, 1.165) is 11.1 Å². The van der Waals surface area contributed by atoms with Gasteiger partial charge in [-0.25, -0.2) is 0 Å². The number of nitrogens with one attached hydrogen (secondary N) is 1. The van der Waals surface area contributed by atoms with Crippen LogP contribution in [0.3, 0.4) is 0 Å². The molecule has 142 valence electrons. The van der Waals surface area contributed by atoms with Crippen LogP contribution in [0.15, 0.2) is 78.9 Å². The van der Waals surface area contributed by atoms with E-state index in [1.54, 1.807) is 41.3 Å². The van der Waals surface area contributed by atoms with E-state index < -0.39 is 6.04 Å². The Morgan fingerprint density at radius 2 is 1.66 bits per heavy atom. The van der Waals surface area contributed by atoms with Crippen molar-refractivity contribution < 1.29 is 9.59 Å². The number of nitriles is 1. The SMILES string of the molecule is N#Cc1cccc(NC(=O)[C@H]2Cc3ccccc3CN2C(=O)c2ccccc2)c1. The van der Waals surface area contributed by atoms with Gasteiger partial charge < -0.3 is 10.2 Å². The van der Waals surface area contributed by atoms with Crippen molar-refractivity contribution in [3.8, 4) is 6.07 Å². The summed E-state index contributed by atoms with van der Waals surface area (Å²) in [6.07, 6.45) is 0.443. The zero-order valence-electron chi connectivity index (χ0n) is 15.7. The molecule has 1 N–H and O–H groups in total. The molecule has 3 aromatic carbocycles. The van der Waals surface area contributed by atoms with Crippen molar-refractivity contribution >= 4 is 17.5 Å². The van der Waals surface area contributed by atoms with Gasteiger partial charge in [-0.1, -0.05) is 48.5 Å². The third kappa shape index (κ3) is 3.87. The van der Waals surface area contributed by atoms with Gasteiger partial charge in [-0.05, 0) is 41.5 Å². The quantitative estimate of drug-likeness (QED) is 0.751. The van der Waals surface area contributed by atoms with Gasteiger partial charge in [-0.2, -0.15) is 5.26 Å². The highest BCUT2D eigenvalue weighted by atomic mass is 16.2. The van der Waals surface area contributed by atoms with Crippen molar-refractivity contribution in [3.05, 3.63) is 101 Å². The maximum Gasteiger partial charge on any atom is 0.254 e. The van der Waals surface area contributed by atoms with Crippen molar-refractivity contribution in [2.75, 3.05) is 5.32 Å². The summed E-state index contributed by atoms with van der Waals surface area (Å²) < 4.78 is 0. The lowest BCUT2D eigenvalue weighted by molar-refractivity contribution is -0.121. The molecule has 1 heterocycles. The molecule has 29 heavy (non-hydrogen) atoms. The second kappa shape index (κ2) is 7.99. The lowest BCUT2D eigenvalue weighted by atomic mass is 9.92. The van der Waals surface area contributed by atoms with Gasteiger partial charge in [0.1, 0.15) is 6.04 Å². The smallest absolute Gasteiger partial charge is 0.254 e. The molecule has 1 aliphatic rings. The first-order chi connectivity index (χ1) is 14.2. The van der Waals surface area contributed by atoms with Crippen LogP contribution >= 0.6 is 0 Å². The van der Waals surface area contributed by atoms with Gasteiger partial charge in [-0.15, -0.1) is 0 Å².